The van der Waals surface area contributed by atoms with Crippen LogP contribution in [0, 0.1) is 5.92 Å². The Bertz CT molecular complexity index is 311. The predicted molar refractivity (Wildman–Crippen MR) is 67.4 cm³/mol. The van der Waals surface area contributed by atoms with Crippen LogP contribution in [0.4, 0.5) is 4.79 Å². The largest absolute Gasteiger partial charge is 0.481 e. The van der Waals surface area contributed by atoms with Crippen molar-refractivity contribution < 1.29 is 14.7 Å². The molecule has 2 saturated heterocycles. The maximum absolute atomic E-state index is 12.3. The van der Waals surface area contributed by atoms with Crippen molar-refractivity contribution in [3.63, 3.8) is 0 Å². The molecule has 2 amide bonds. The minimum atomic E-state index is -0.775. The van der Waals surface area contributed by atoms with Crippen LogP contribution in [0.3, 0.4) is 0 Å². The standard InChI is InChI=1S/C13H22N2O3/c16-12(17)11-6-5-9-15(10-11)13(18)14-7-3-1-2-4-8-14/h11H,1-10H2,(H,16,17). The first-order chi connectivity index (χ1) is 8.68. The Morgan fingerprint density at radius 3 is 2.11 bits per heavy atom. The molecule has 0 spiro atoms. The van der Waals surface area contributed by atoms with Gasteiger partial charge in [-0.3, -0.25) is 4.79 Å². The van der Waals surface area contributed by atoms with Crippen LogP contribution in [0.1, 0.15) is 38.5 Å². The fraction of sp³-hybridized carbons (Fsp3) is 0.846. The molecule has 5 heteroatoms. The monoisotopic (exact) mass is 254 g/mol. The van der Waals surface area contributed by atoms with Gasteiger partial charge in [0.05, 0.1) is 5.92 Å². The number of hydrogen-bond donors (Lipinski definition) is 1. The lowest BCUT2D eigenvalue weighted by atomic mass is 9.98. The molecule has 0 saturated carbocycles. The number of carboxylic acids is 1. The minimum absolute atomic E-state index is 0.0443. The molecule has 2 aliphatic heterocycles. The minimum Gasteiger partial charge on any atom is -0.481 e. The third kappa shape index (κ3) is 3.15. The first kappa shape index (κ1) is 13.2. The van der Waals surface area contributed by atoms with Gasteiger partial charge in [-0.15, -0.1) is 0 Å². The highest BCUT2D eigenvalue weighted by Crippen LogP contribution is 2.19. The molecule has 1 unspecified atom stereocenters. The number of aliphatic carboxylic acids is 1. The zero-order chi connectivity index (χ0) is 13.0. The molecule has 0 radical (unpaired) electrons. The molecule has 2 rings (SSSR count). The van der Waals surface area contributed by atoms with E-state index >= 15 is 0 Å². The number of nitrogens with zero attached hydrogens (tertiary/aromatic N) is 2. The fourth-order valence-electron chi connectivity index (χ4n) is 2.81. The Hall–Kier alpha value is -1.26. The summed E-state index contributed by atoms with van der Waals surface area (Å²) in [7, 11) is 0. The van der Waals surface area contributed by atoms with Crippen molar-refractivity contribution in [1.29, 1.82) is 0 Å². The maximum atomic E-state index is 12.3. The molecule has 102 valence electrons. The van der Waals surface area contributed by atoms with Gasteiger partial charge in [0.25, 0.3) is 0 Å². The van der Waals surface area contributed by atoms with Crippen molar-refractivity contribution in [2.75, 3.05) is 26.2 Å². The second kappa shape index (κ2) is 6.07. The lowest BCUT2D eigenvalue weighted by Gasteiger charge is -2.34. The third-order valence-electron chi connectivity index (χ3n) is 3.92. The van der Waals surface area contributed by atoms with E-state index in [4.69, 9.17) is 5.11 Å². The molecular formula is C13H22N2O3. The van der Waals surface area contributed by atoms with E-state index in [1.54, 1.807) is 4.90 Å². The number of amides is 2. The van der Waals surface area contributed by atoms with E-state index in [1.165, 1.54) is 12.8 Å². The molecule has 0 bridgehead atoms. The Morgan fingerprint density at radius 1 is 0.889 bits per heavy atom. The maximum Gasteiger partial charge on any atom is 0.320 e. The van der Waals surface area contributed by atoms with Crippen LogP contribution >= 0.6 is 0 Å². The summed E-state index contributed by atoms with van der Waals surface area (Å²) in [5, 5.41) is 9.04. The highest BCUT2D eigenvalue weighted by Gasteiger charge is 2.30. The summed E-state index contributed by atoms with van der Waals surface area (Å²) in [5.41, 5.74) is 0. The Labute approximate surface area is 108 Å². The Morgan fingerprint density at radius 2 is 1.50 bits per heavy atom. The van der Waals surface area contributed by atoms with Gasteiger partial charge in [-0.1, -0.05) is 12.8 Å². The zero-order valence-corrected chi connectivity index (χ0v) is 10.8. The molecule has 2 aliphatic rings. The Kier molecular flexibility index (Phi) is 4.44. The van der Waals surface area contributed by atoms with Gasteiger partial charge in [0.2, 0.25) is 0 Å². The molecular weight excluding hydrogens is 232 g/mol. The number of likely N-dealkylation sites (tertiary alicyclic amines) is 2. The highest BCUT2D eigenvalue weighted by molar-refractivity contribution is 5.76. The summed E-state index contributed by atoms with van der Waals surface area (Å²) >= 11 is 0. The lowest BCUT2D eigenvalue weighted by Crippen LogP contribution is -2.49. The third-order valence-corrected chi connectivity index (χ3v) is 3.92. The summed E-state index contributed by atoms with van der Waals surface area (Å²) in [4.78, 5) is 27.0. The molecule has 0 aromatic rings. The van der Waals surface area contributed by atoms with Crippen molar-refractivity contribution in [1.82, 2.24) is 9.80 Å². The fourth-order valence-corrected chi connectivity index (χ4v) is 2.81. The second-order valence-electron chi connectivity index (χ2n) is 5.31. The van der Waals surface area contributed by atoms with E-state index < -0.39 is 5.97 Å². The molecule has 1 atom stereocenters. The summed E-state index contributed by atoms with van der Waals surface area (Å²) in [6, 6.07) is 0.0443. The van der Waals surface area contributed by atoms with Crippen LogP contribution < -0.4 is 0 Å². The predicted octanol–water partition coefficient (Wildman–Crippen LogP) is 1.78. The van der Waals surface area contributed by atoms with Gasteiger partial charge in [-0.25, -0.2) is 4.79 Å². The smallest absolute Gasteiger partial charge is 0.320 e. The van der Waals surface area contributed by atoms with Gasteiger partial charge in [-0.2, -0.15) is 0 Å². The van der Waals surface area contributed by atoms with Crippen molar-refractivity contribution in [2.24, 2.45) is 5.92 Å². The molecule has 18 heavy (non-hydrogen) atoms. The Balaban J connectivity index is 1.92. The van der Waals surface area contributed by atoms with Gasteiger partial charge in [0.15, 0.2) is 0 Å². The number of hydrogen-bond acceptors (Lipinski definition) is 2. The first-order valence-electron chi connectivity index (χ1n) is 6.95. The number of urea groups is 1. The number of rotatable bonds is 1. The number of piperidine rings is 1. The van der Waals surface area contributed by atoms with E-state index in [0.29, 0.717) is 19.5 Å². The van der Waals surface area contributed by atoms with Crippen molar-refractivity contribution in [2.45, 2.75) is 38.5 Å². The topological polar surface area (TPSA) is 60.9 Å². The lowest BCUT2D eigenvalue weighted by molar-refractivity contribution is -0.143. The normalized spacial score (nSPS) is 25.7. The average Bonchev–Trinajstić information content (AvgIpc) is 2.67. The van der Waals surface area contributed by atoms with Crippen LogP contribution in [0.2, 0.25) is 0 Å². The first-order valence-corrected chi connectivity index (χ1v) is 6.95. The molecule has 2 fully saturated rings. The summed E-state index contributed by atoms with van der Waals surface area (Å²) < 4.78 is 0. The molecule has 0 aliphatic carbocycles. The van der Waals surface area contributed by atoms with Gasteiger partial charge >= 0.3 is 12.0 Å². The zero-order valence-electron chi connectivity index (χ0n) is 10.8. The second-order valence-corrected chi connectivity index (χ2v) is 5.31. The van der Waals surface area contributed by atoms with E-state index in [9.17, 15) is 9.59 Å². The number of carboxylic acid groups (broad SMARTS) is 1. The summed E-state index contributed by atoms with van der Waals surface area (Å²) in [5.74, 6) is -1.15. The summed E-state index contributed by atoms with van der Waals surface area (Å²) in [6.45, 7) is 2.74. The van der Waals surface area contributed by atoms with Crippen LogP contribution in [-0.4, -0.2) is 53.1 Å². The molecule has 0 aromatic carbocycles. The van der Waals surface area contributed by atoms with E-state index in [0.717, 1.165) is 32.4 Å². The van der Waals surface area contributed by atoms with Crippen molar-refractivity contribution in [3.05, 3.63) is 0 Å². The molecule has 1 N–H and O–H groups in total. The average molecular weight is 254 g/mol. The van der Waals surface area contributed by atoms with Gasteiger partial charge in [-0.05, 0) is 25.7 Å². The van der Waals surface area contributed by atoms with Gasteiger partial charge in [0.1, 0.15) is 0 Å². The van der Waals surface area contributed by atoms with Crippen molar-refractivity contribution in [3.8, 4) is 0 Å². The van der Waals surface area contributed by atoms with Crippen LogP contribution in [-0.2, 0) is 4.79 Å². The molecule has 5 nitrogen and oxygen atoms in total. The molecule has 0 aromatic heterocycles. The van der Waals surface area contributed by atoms with Gasteiger partial charge in [0, 0.05) is 26.2 Å². The SMILES string of the molecule is O=C(O)C1CCCN(C(=O)N2CCCCCC2)C1. The quantitative estimate of drug-likeness (QED) is 0.776. The van der Waals surface area contributed by atoms with Crippen LogP contribution in [0.15, 0.2) is 0 Å². The highest BCUT2D eigenvalue weighted by atomic mass is 16.4. The van der Waals surface area contributed by atoms with E-state index in [-0.39, 0.29) is 11.9 Å². The number of carbonyl (C=O) groups excluding carboxylic acids is 1. The molecule has 2 heterocycles. The van der Waals surface area contributed by atoms with E-state index in [1.807, 2.05) is 4.90 Å². The van der Waals surface area contributed by atoms with Crippen LogP contribution in [0.25, 0.3) is 0 Å². The van der Waals surface area contributed by atoms with Gasteiger partial charge < -0.3 is 14.9 Å². The van der Waals surface area contributed by atoms with E-state index in [2.05, 4.69) is 0 Å². The summed E-state index contributed by atoms with van der Waals surface area (Å²) in [6.07, 6.45) is 6.03. The van der Waals surface area contributed by atoms with Crippen LogP contribution in [0.5, 0.6) is 0 Å². The number of carbonyl (C=O) groups is 2. The van der Waals surface area contributed by atoms with Crippen molar-refractivity contribution >= 4 is 12.0 Å².